The zero-order valence-electron chi connectivity index (χ0n) is 11.2. The molecule has 0 unspecified atom stereocenters. The number of ether oxygens (including phenoxy) is 3. The Balaban J connectivity index is 3.08. The van der Waals surface area contributed by atoms with Crippen molar-refractivity contribution < 1.29 is 19.0 Å². The van der Waals surface area contributed by atoms with E-state index in [1.54, 1.807) is 27.2 Å². The highest BCUT2D eigenvalue weighted by Gasteiger charge is 2.09. The second kappa shape index (κ2) is 7.84. The van der Waals surface area contributed by atoms with Gasteiger partial charge in [-0.1, -0.05) is 22.0 Å². The summed E-state index contributed by atoms with van der Waals surface area (Å²) in [6.45, 7) is 2.13. The van der Waals surface area contributed by atoms with Gasteiger partial charge in [-0.15, -0.1) is 0 Å². The molecule has 0 aliphatic rings. The SMILES string of the molecule is CCOC(=O)/C=C(\CBr)c1ccc(OC)c(OC)c1. The molecule has 0 aliphatic carbocycles. The summed E-state index contributed by atoms with van der Waals surface area (Å²) >= 11 is 3.37. The zero-order chi connectivity index (χ0) is 14.3. The van der Waals surface area contributed by atoms with Crippen LogP contribution in [0.25, 0.3) is 5.57 Å². The van der Waals surface area contributed by atoms with Crippen molar-refractivity contribution in [2.75, 3.05) is 26.2 Å². The molecule has 0 heterocycles. The van der Waals surface area contributed by atoms with Crippen molar-refractivity contribution in [1.29, 1.82) is 0 Å². The average molecular weight is 329 g/mol. The summed E-state index contributed by atoms with van der Waals surface area (Å²) in [4.78, 5) is 11.5. The summed E-state index contributed by atoms with van der Waals surface area (Å²) in [5.74, 6) is 0.916. The number of rotatable bonds is 6. The third-order valence-electron chi connectivity index (χ3n) is 2.48. The monoisotopic (exact) mass is 328 g/mol. The number of halogens is 1. The first-order valence-corrected chi connectivity index (χ1v) is 6.94. The van der Waals surface area contributed by atoms with E-state index in [4.69, 9.17) is 14.2 Å². The summed E-state index contributed by atoms with van der Waals surface area (Å²) in [7, 11) is 3.15. The largest absolute Gasteiger partial charge is 0.493 e. The number of benzene rings is 1. The van der Waals surface area contributed by atoms with Crippen molar-refractivity contribution in [3.05, 3.63) is 29.8 Å². The molecule has 0 N–H and O–H groups in total. The fourth-order valence-corrected chi connectivity index (χ4v) is 2.05. The molecule has 0 aromatic heterocycles. The van der Waals surface area contributed by atoms with E-state index in [9.17, 15) is 4.79 Å². The van der Waals surface area contributed by atoms with Crippen LogP contribution in [0.3, 0.4) is 0 Å². The van der Waals surface area contributed by atoms with Gasteiger partial charge in [-0.25, -0.2) is 4.79 Å². The molecule has 0 saturated carbocycles. The molecule has 0 amide bonds. The highest BCUT2D eigenvalue weighted by atomic mass is 79.9. The number of carbonyl (C=O) groups excluding carboxylic acids is 1. The van der Waals surface area contributed by atoms with Gasteiger partial charge in [0.15, 0.2) is 11.5 Å². The minimum Gasteiger partial charge on any atom is -0.493 e. The lowest BCUT2D eigenvalue weighted by Gasteiger charge is -2.10. The average Bonchev–Trinajstić information content (AvgIpc) is 2.44. The smallest absolute Gasteiger partial charge is 0.331 e. The summed E-state index contributed by atoms with van der Waals surface area (Å²) in [6, 6.07) is 5.49. The first-order chi connectivity index (χ1) is 9.15. The van der Waals surface area contributed by atoms with Crippen LogP contribution < -0.4 is 9.47 Å². The van der Waals surface area contributed by atoms with Gasteiger partial charge in [0, 0.05) is 11.4 Å². The lowest BCUT2D eigenvalue weighted by atomic mass is 10.1. The molecule has 1 rings (SSSR count). The Morgan fingerprint density at radius 3 is 2.47 bits per heavy atom. The van der Waals surface area contributed by atoms with Gasteiger partial charge in [-0.2, -0.15) is 0 Å². The summed E-state index contributed by atoms with van der Waals surface area (Å²) < 4.78 is 15.3. The van der Waals surface area contributed by atoms with Crippen molar-refractivity contribution in [2.24, 2.45) is 0 Å². The van der Waals surface area contributed by atoms with E-state index in [0.717, 1.165) is 11.1 Å². The molecule has 1 aromatic rings. The molecule has 19 heavy (non-hydrogen) atoms. The number of allylic oxidation sites excluding steroid dienone is 1. The number of hydrogen-bond acceptors (Lipinski definition) is 4. The summed E-state index contributed by atoms with van der Waals surface area (Å²) in [6.07, 6.45) is 1.47. The third kappa shape index (κ3) is 4.28. The maximum Gasteiger partial charge on any atom is 0.331 e. The summed E-state index contributed by atoms with van der Waals surface area (Å²) in [5, 5.41) is 0.543. The van der Waals surface area contributed by atoms with Gasteiger partial charge in [0.05, 0.1) is 20.8 Å². The van der Waals surface area contributed by atoms with Crippen LogP contribution in [0.5, 0.6) is 11.5 Å². The molecule has 5 heteroatoms. The lowest BCUT2D eigenvalue weighted by Crippen LogP contribution is -2.02. The lowest BCUT2D eigenvalue weighted by molar-refractivity contribution is -0.137. The van der Waals surface area contributed by atoms with Gasteiger partial charge in [0.2, 0.25) is 0 Å². The molecule has 0 radical (unpaired) electrons. The molecule has 1 aromatic carbocycles. The van der Waals surface area contributed by atoms with Gasteiger partial charge < -0.3 is 14.2 Å². The highest BCUT2D eigenvalue weighted by molar-refractivity contribution is 9.09. The van der Waals surface area contributed by atoms with Gasteiger partial charge in [0.25, 0.3) is 0 Å². The predicted octanol–water partition coefficient (Wildman–Crippen LogP) is 3.05. The highest BCUT2D eigenvalue weighted by Crippen LogP contribution is 2.30. The van der Waals surface area contributed by atoms with Gasteiger partial charge in [-0.3, -0.25) is 0 Å². The Morgan fingerprint density at radius 1 is 1.26 bits per heavy atom. The Labute approximate surface area is 121 Å². The van der Waals surface area contributed by atoms with Crippen LogP contribution in [0.2, 0.25) is 0 Å². The molecule has 0 aliphatic heterocycles. The van der Waals surface area contributed by atoms with Crippen LogP contribution in [0.4, 0.5) is 0 Å². The van der Waals surface area contributed by atoms with E-state index < -0.39 is 0 Å². The van der Waals surface area contributed by atoms with Crippen LogP contribution >= 0.6 is 15.9 Å². The van der Waals surface area contributed by atoms with E-state index in [1.807, 2.05) is 12.1 Å². The maximum absolute atomic E-state index is 11.5. The molecule has 0 spiro atoms. The fourth-order valence-electron chi connectivity index (χ4n) is 1.56. The Kier molecular flexibility index (Phi) is 6.42. The van der Waals surface area contributed by atoms with Gasteiger partial charge in [-0.05, 0) is 30.2 Å². The first-order valence-electron chi connectivity index (χ1n) is 5.81. The second-order valence-electron chi connectivity index (χ2n) is 3.63. The van der Waals surface area contributed by atoms with Crippen LogP contribution in [0, 0.1) is 0 Å². The first kappa shape index (κ1) is 15.6. The molecule has 4 nitrogen and oxygen atoms in total. The van der Waals surface area contributed by atoms with Crippen molar-refractivity contribution in [1.82, 2.24) is 0 Å². The fraction of sp³-hybridized carbons (Fsp3) is 0.357. The topological polar surface area (TPSA) is 44.8 Å². The zero-order valence-corrected chi connectivity index (χ0v) is 12.8. The van der Waals surface area contributed by atoms with E-state index in [1.165, 1.54) is 6.08 Å². The summed E-state index contributed by atoms with van der Waals surface area (Å²) in [5.41, 5.74) is 1.70. The van der Waals surface area contributed by atoms with E-state index in [0.29, 0.717) is 23.4 Å². The quantitative estimate of drug-likeness (QED) is 0.457. The van der Waals surface area contributed by atoms with E-state index in [-0.39, 0.29) is 5.97 Å². The number of alkyl halides is 1. The second-order valence-corrected chi connectivity index (χ2v) is 4.19. The molecule has 0 fully saturated rings. The Morgan fingerprint density at radius 2 is 1.95 bits per heavy atom. The van der Waals surface area contributed by atoms with Crippen molar-refractivity contribution >= 4 is 27.5 Å². The van der Waals surface area contributed by atoms with Crippen LogP contribution in [0.15, 0.2) is 24.3 Å². The third-order valence-corrected chi connectivity index (χ3v) is 3.08. The van der Waals surface area contributed by atoms with Crippen molar-refractivity contribution in [3.63, 3.8) is 0 Å². The minimum absolute atomic E-state index is 0.355. The van der Waals surface area contributed by atoms with Gasteiger partial charge >= 0.3 is 5.97 Å². The standard InChI is InChI=1S/C14H17BrO4/c1-4-19-14(16)8-11(9-15)10-5-6-12(17-2)13(7-10)18-3/h5-8H,4,9H2,1-3H3/b11-8+. The number of methoxy groups -OCH3 is 2. The predicted molar refractivity (Wildman–Crippen MR) is 78.0 cm³/mol. The van der Waals surface area contributed by atoms with Crippen LogP contribution in [0.1, 0.15) is 12.5 Å². The Hall–Kier alpha value is -1.49. The molecular weight excluding hydrogens is 312 g/mol. The normalized spacial score (nSPS) is 11.1. The molecule has 0 saturated heterocycles. The number of carbonyl (C=O) groups is 1. The van der Waals surface area contributed by atoms with Gasteiger partial charge in [0.1, 0.15) is 0 Å². The van der Waals surface area contributed by atoms with Crippen LogP contribution in [-0.2, 0) is 9.53 Å². The van der Waals surface area contributed by atoms with E-state index >= 15 is 0 Å². The molecular formula is C14H17BrO4. The molecule has 0 atom stereocenters. The van der Waals surface area contributed by atoms with Crippen molar-refractivity contribution in [2.45, 2.75) is 6.92 Å². The Bertz CT molecular complexity index is 469. The minimum atomic E-state index is -0.355. The van der Waals surface area contributed by atoms with Crippen LogP contribution in [-0.4, -0.2) is 32.1 Å². The molecule has 0 bridgehead atoms. The number of hydrogen-bond donors (Lipinski definition) is 0. The molecule has 104 valence electrons. The van der Waals surface area contributed by atoms with Crippen molar-refractivity contribution in [3.8, 4) is 11.5 Å². The number of esters is 1. The maximum atomic E-state index is 11.5. The van der Waals surface area contributed by atoms with E-state index in [2.05, 4.69) is 15.9 Å².